The Labute approximate surface area is 280 Å². The first-order chi connectivity index (χ1) is 22.7. The maximum absolute atomic E-state index is 12.5. The number of aromatic nitrogens is 1. The van der Waals surface area contributed by atoms with Crippen molar-refractivity contribution in [2.24, 2.45) is 0 Å². The van der Waals surface area contributed by atoms with Gasteiger partial charge in [0, 0.05) is 59.9 Å². The number of nitrogens with zero attached hydrogens (tertiary/aromatic N) is 2. The summed E-state index contributed by atoms with van der Waals surface area (Å²) in [5, 5.41) is 11.5. The number of nitrogens with one attached hydrogen (secondary N) is 3. The highest BCUT2D eigenvalue weighted by atomic mass is 35.5. The lowest BCUT2D eigenvalue weighted by atomic mass is 9.99. The molecular weight excluding hydrogens is 622 g/mol. The smallest absolute Gasteiger partial charge is 0.336 e. The number of carbonyl (C=O) groups excluding carboxylic acids is 2. The quantitative estimate of drug-likeness (QED) is 0.0986. The minimum Gasteiger partial charge on any atom is -0.423 e. The molecule has 0 aliphatic rings. The molecule has 47 heavy (non-hydrogen) atoms. The van der Waals surface area contributed by atoms with Crippen molar-refractivity contribution in [2.75, 3.05) is 71.0 Å². The lowest BCUT2D eigenvalue weighted by molar-refractivity contribution is -0.122. The molecule has 2 amide bonds. The van der Waals surface area contributed by atoms with Crippen molar-refractivity contribution in [3.05, 3.63) is 81.3 Å². The molecule has 252 valence electrons. The highest BCUT2D eigenvalue weighted by Gasteiger charge is 2.12. The monoisotopic (exact) mass is 665 g/mol. The Morgan fingerprint density at radius 1 is 0.915 bits per heavy atom. The maximum Gasteiger partial charge on any atom is 0.336 e. The fraction of sp³-hybridized carbons (Fsp3) is 0.429. The van der Waals surface area contributed by atoms with E-state index >= 15 is 0 Å². The molecule has 0 bridgehead atoms. The van der Waals surface area contributed by atoms with Gasteiger partial charge in [-0.15, -0.1) is 0 Å². The molecule has 4 rings (SSSR count). The van der Waals surface area contributed by atoms with Gasteiger partial charge in [0.05, 0.1) is 44.9 Å². The van der Waals surface area contributed by atoms with Crippen LogP contribution in [-0.2, 0) is 25.5 Å². The van der Waals surface area contributed by atoms with Crippen molar-refractivity contribution in [2.45, 2.75) is 33.1 Å². The number of ether oxygens (including phenoxy) is 2. The van der Waals surface area contributed by atoms with Gasteiger partial charge in [-0.05, 0) is 53.9 Å². The summed E-state index contributed by atoms with van der Waals surface area (Å²) >= 11 is 6.08. The minimum atomic E-state index is -0.474. The van der Waals surface area contributed by atoms with Gasteiger partial charge in [0.25, 0.3) is 0 Å². The van der Waals surface area contributed by atoms with Crippen molar-refractivity contribution in [1.82, 2.24) is 20.5 Å². The van der Waals surface area contributed by atoms with Gasteiger partial charge in [0.2, 0.25) is 11.8 Å². The molecule has 0 unspecified atom stereocenters. The van der Waals surface area contributed by atoms with E-state index in [0.29, 0.717) is 81.2 Å². The Morgan fingerprint density at radius 3 is 2.36 bits per heavy atom. The first-order valence-corrected chi connectivity index (χ1v) is 16.4. The summed E-state index contributed by atoms with van der Waals surface area (Å²) in [5.74, 6) is 0.0365. The molecule has 3 N–H and O–H groups in total. The molecule has 2 aromatic carbocycles. The zero-order chi connectivity index (χ0) is 33.6. The molecule has 4 aromatic rings. The van der Waals surface area contributed by atoms with E-state index in [1.165, 1.54) is 6.07 Å². The van der Waals surface area contributed by atoms with Crippen LogP contribution in [0.1, 0.15) is 37.8 Å². The molecule has 0 saturated carbocycles. The summed E-state index contributed by atoms with van der Waals surface area (Å²) in [6.07, 6.45) is 1.82. The van der Waals surface area contributed by atoms with Gasteiger partial charge in [-0.3, -0.25) is 19.5 Å². The lowest BCUT2D eigenvalue weighted by Gasteiger charge is -2.20. The SMILES string of the molecule is CCN(CCNc1ccnc2cc(Cl)ccc12)CC(=O)NCCOCCOCCNC(=O)Cc1cc(=O)oc2cc(C(C)C)ccc12. The van der Waals surface area contributed by atoms with Crippen LogP contribution >= 0.6 is 11.6 Å². The number of hydrogen-bond acceptors (Lipinski definition) is 9. The Bertz CT molecular complexity index is 1690. The van der Waals surface area contributed by atoms with Crippen molar-refractivity contribution in [3.8, 4) is 0 Å². The van der Waals surface area contributed by atoms with Gasteiger partial charge in [-0.25, -0.2) is 4.79 Å². The van der Waals surface area contributed by atoms with Crippen molar-refractivity contribution < 1.29 is 23.5 Å². The Kier molecular flexibility index (Phi) is 14.0. The predicted octanol–water partition coefficient (Wildman–Crippen LogP) is 4.36. The summed E-state index contributed by atoms with van der Waals surface area (Å²) in [5.41, 5.74) is 3.52. The van der Waals surface area contributed by atoms with Crippen LogP contribution in [0.4, 0.5) is 5.69 Å². The predicted molar refractivity (Wildman–Crippen MR) is 185 cm³/mol. The van der Waals surface area contributed by atoms with Crippen molar-refractivity contribution in [3.63, 3.8) is 0 Å². The van der Waals surface area contributed by atoms with E-state index in [4.69, 9.17) is 25.5 Å². The largest absolute Gasteiger partial charge is 0.423 e. The number of halogens is 1. The molecule has 12 heteroatoms. The number of carbonyl (C=O) groups is 2. The number of pyridine rings is 1. The fourth-order valence-corrected chi connectivity index (χ4v) is 5.23. The number of anilines is 1. The van der Waals surface area contributed by atoms with Crippen molar-refractivity contribution in [1.29, 1.82) is 0 Å². The van der Waals surface area contributed by atoms with E-state index in [0.717, 1.165) is 34.1 Å². The second-order valence-corrected chi connectivity index (χ2v) is 11.9. The number of hydrogen-bond donors (Lipinski definition) is 3. The van der Waals surface area contributed by atoms with E-state index in [9.17, 15) is 14.4 Å². The summed E-state index contributed by atoms with van der Waals surface area (Å²) in [6, 6.07) is 14.7. The second kappa shape index (κ2) is 18.3. The van der Waals surface area contributed by atoms with Crippen molar-refractivity contribution >= 4 is 51.0 Å². The Balaban J connectivity index is 1.03. The second-order valence-electron chi connectivity index (χ2n) is 11.4. The highest BCUT2D eigenvalue weighted by Crippen LogP contribution is 2.25. The van der Waals surface area contributed by atoms with E-state index < -0.39 is 5.63 Å². The normalized spacial score (nSPS) is 11.4. The van der Waals surface area contributed by atoms with Gasteiger partial charge < -0.3 is 29.8 Å². The van der Waals surface area contributed by atoms with Gasteiger partial charge in [-0.1, -0.05) is 44.5 Å². The maximum atomic E-state index is 12.5. The van der Waals surface area contributed by atoms with E-state index in [1.807, 2.05) is 49.4 Å². The summed E-state index contributed by atoms with van der Waals surface area (Å²) in [4.78, 5) is 43.4. The molecule has 11 nitrogen and oxygen atoms in total. The topological polar surface area (TPSA) is 135 Å². The van der Waals surface area contributed by atoms with Crippen LogP contribution in [0.15, 0.2) is 63.9 Å². The van der Waals surface area contributed by atoms with Crippen LogP contribution in [0.3, 0.4) is 0 Å². The molecule has 2 heterocycles. The number of benzene rings is 2. The van der Waals surface area contributed by atoms with Gasteiger partial charge in [-0.2, -0.15) is 0 Å². The van der Waals surface area contributed by atoms with Crippen LogP contribution in [0.2, 0.25) is 5.02 Å². The van der Waals surface area contributed by atoms with E-state index in [1.54, 1.807) is 6.20 Å². The van der Waals surface area contributed by atoms with Gasteiger partial charge in [0.1, 0.15) is 5.58 Å². The average molecular weight is 666 g/mol. The van der Waals surface area contributed by atoms with Gasteiger partial charge >= 0.3 is 5.63 Å². The molecule has 2 aromatic heterocycles. The Hall–Kier alpha value is -4.03. The molecule has 0 saturated heterocycles. The summed E-state index contributed by atoms with van der Waals surface area (Å²) < 4.78 is 16.4. The zero-order valence-electron chi connectivity index (χ0n) is 27.3. The Morgan fingerprint density at radius 2 is 1.64 bits per heavy atom. The third-order valence-electron chi connectivity index (χ3n) is 7.64. The molecule has 0 radical (unpaired) electrons. The molecular formula is C35H44ClN5O6. The summed E-state index contributed by atoms with van der Waals surface area (Å²) in [7, 11) is 0. The first-order valence-electron chi connectivity index (χ1n) is 16.0. The highest BCUT2D eigenvalue weighted by molar-refractivity contribution is 6.31. The zero-order valence-corrected chi connectivity index (χ0v) is 28.0. The molecule has 0 fully saturated rings. The van der Waals surface area contributed by atoms with Crippen LogP contribution in [0, 0.1) is 0 Å². The number of rotatable bonds is 19. The van der Waals surface area contributed by atoms with E-state index in [2.05, 4.69) is 39.7 Å². The number of likely N-dealkylation sites (N-methyl/N-ethyl adjacent to an activating group) is 1. The van der Waals surface area contributed by atoms with E-state index in [-0.39, 0.29) is 18.2 Å². The van der Waals surface area contributed by atoms with Gasteiger partial charge in [0.15, 0.2) is 0 Å². The fourth-order valence-electron chi connectivity index (χ4n) is 5.07. The van der Waals surface area contributed by atoms with Crippen LogP contribution in [-0.4, -0.2) is 87.4 Å². The number of amides is 2. The van der Waals surface area contributed by atoms with Crippen LogP contribution in [0.25, 0.3) is 21.9 Å². The minimum absolute atomic E-state index is 0.0591. The molecule has 0 spiro atoms. The third kappa shape index (κ3) is 11.3. The number of fused-ring (bicyclic) bond motifs is 2. The molecule has 0 aliphatic heterocycles. The average Bonchev–Trinajstić information content (AvgIpc) is 3.04. The van der Waals surface area contributed by atoms with Crippen LogP contribution in [0.5, 0.6) is 0 Å². The third-order valence-corrected chi connectivity index (χ3v) is 7.88. The molecule has 0 aliphatic carbocycles. The molecule has 0 atom stereocenters. The van der Waals surface area contributed by atoms with Crippen LogP contribution < -0.4 is 21.6 Å². The first kappa shape index (κ1) is 35.8. The summed E-state index contributed by atoms with van der Waals surface area (Å²) in [6.45, 7) is 10.8. The standard InChI is InChI=1S/C35H44ClN5O6/c1-4-41(14-11-38-30-9-10-37-31-22-27(36)6-8-29(30)31)23-34(43)40-13-16-46-18-17-45-15-12-39-33(42)20-26-21-35(44)47-32-19-25(24(2)3)5-7-28(26)32/h5-10,19,21-22,24H,4,11-18,20,23H2,1-3H3,(H,37,38)(H,39,42)(H,40,43). The lowest BCUT2D eigenvalue weighted by Crippen LogP contribution is -2.40.